The highest BCUT2D eigenvalue weighted by Crippen LogP contribution is 2.43. The topological polar surface area (TPSA) is 6.48 Å². The molecule has 0 unspecified atom stereocenters. The van der Waals surface area contributed by atoms with E-state index in [0.717, 1.165) is 19.8 Å². The minimum atomic E-state index is 0.981. The second-order valence-corrected chi connectivity index (χ2v) is 7.61. The summed E-state index contributed by atoms with van der Waals surface area (Å²) in [6.07, 6.45) is 0. The number of rotatable bonds is 0. The molecule has 2 aliphatic rings. The zero-order chi connectivity index (χ0) is 14.7. The van der Waals surface area contributed by atoms with Crippen LogP contribution in [0.15, 0.2) is 33.2 Å². The van der Waals surface area contributed by atoms with E-state index >= 15 is 0 Å². The molecule has 4 rings (SSSR count). The first-order chi connectivity index (χ1) is 10.1. The zero-order valence-electron chi connectivity index (χ0n) is 12.1. The van der Waals surface area contributed by atoms with Crippen molar-refractivity contribution in [2.24, 2.45) is 0 Å². The van der Waals surface area contributed by atoms with Crippen molar-refractivity contribution >= 4 is 43.2 Å². The molecule has 2 aromatic carbocycles. The minimum absolute atomic E-state index is 0.981. The predicted molar refractivity (Wildman–Crippen MR) is 95.0 cm³/mol. The molecule has 2 heterocycles. The van der Waals surface area contributed by atoms with Crippen molar-refractivity contribution in [3.05, 3.63) is 55.5 Å². The van der Waals surface area contributed by atoms with E-state index in [1.54, 1.807) is 0 Å². The summed E-state index contributed by atoms with van der Waals surface area (Å²) in [6, 6.07) is 8.85. The van der Waals surface area contributed by atoms with Crippen LogP contribution in [0, 0.1) is 13.8 Å². The van der Waals surface area contributed by atoms with Crippen LogP contribution in [0.4, 0.5) is 11.4 Å². The maximum Gasteiger partial charge on any atom is 0.0910 e. The van der Waals surface area contributed by atoms with E-state index in [2.05, 4.69) is 79.8 Å². The first-order valence-electron chi connectivity index (χ1n) is 7.12. The van der Waals surface area contributed by atoms with Gasteiger partial charge in [0.05, 0.1) is 6.67 Å². The Kier molecular flexibility index (Phi) is 3.09. The Morgan fingerprint density at radius 3 is 1.62 bits per heavy atom. The number of halogens is 2. The summed E-state index contributed by atoms with van der Waals surface area (Å²) in [5.41, 5.74) is 8.37. The molecule has 4 heteroatoms. The van der Waals surface area contributed by atoms with Gasteiger partial charge in [0.25, 0.3) is 0 Å². The average molecular weight is 408 g/mol. The van der Waals surface area contributed by atoms with Crippen molar-refractivity contribution < 1.29 is 0 Å². The molecule has 2 nitrogen and oxygen atoms in total. The van der Waals surface area contributed by atoms with Crippen molar-refractivity contribution in [2.45, 2.75) is 26.9 Å². The lowest BCUT2D eigenvalue weighted by Gasteiger charge is -2.46. The lowest BCUT2D eigenvalue weighted by Crippen LogP contribution is -2.46. The molecule has 0 amide bonds. The van der Waals surface area contributed by atoms with Gasteiger partial charge < -0.3 is 9.80 Å². The van der Waals surface area contributed by atoms with Crippen LogP contribution in [-0.2, 0) is 13.1 Å². The lowest BCUT2D eigenvalue weighted by molar-refractivity contribution is 0.646. The van der Waals surface area contributed by atoms with Crippen LogP contribution in [0.3, 0.4) is 0 Å². The van der Waals surface area contributed by atoms with Crippen LogP contribution in [-0.4, -0.2) is 6.67 Å². The van der Waals surface area contributed by atoms with Gasteiger partial charge >= 0.3 is 0 Å². The molecule has 0 fully saturated rings. The Hall–Kier alpha value is -1.00. The Balaban J connectivity index is 1.89. The summed E-state index contributed by atoms with van der Waals surface area (Å²) in [4.78, 5) is 4.99. The third-order valence-electron chi connectivity index (χ3n) is 4.59. The summed E-state index contributed by atoms with van der Waals surface area (Å²) in [5.74, 6) is 0. The van der Waals surface area contributed by atoms with Crippen molar-refractivity contribution in [1.82, 2.24) is 0 Å². The smallest absolute Gasteiger partial charge is 0.0910 e. The molecular weight excluding hydrogens is 392 g/mol. The summed E-state index contributed by atoms with van der Waals surface area (Å²) in [7, 11) is 0. The van der Waals surface area contributed by atoms with Gasteiger partial charge in [-0.2, -0.15) is 0 Å². The first-order valence-corrected chi connectivity index (χ1v) is 8.70. The van der Waals surface area contributed by atoms with Gasteiger partial charge in [-0.3, -0.25) is 0 Å². The molecule has 0 atom stereocenters. The highest BCUT2D eigenvalue weighted by atomic mass is 79.9. The van der Waals surface area contributed by atoms with E-state index in [-0.39, 0.29) is 0 Å². The monoisotopic (exact) mass is 406 g/mol. The molecule has 0 spiro atoms. The van der Waals surface area contributed by atoms with Gasteiger partial charge in [-0.25, -0.2) is 0 Å². The summed E-state index contributed by atoms with van der Waals surface area (Å²) < 4.78 is 2.40. The van der Waals surface area contributed by atoms with Gasteiger partial charge in [-0.15, -0.1) is 0 Å². The largest absolute Gasteiger partial charge is 0.349 e. The summed E-state index contributed by atoms with van der Waals surface area (Å²) in [5, 5.41) is 0. The predicted octanol–water partition coefficient (Wildman–Crippen LogP) is 5.13. The molecule has 0 aliphatic carbocycles. The second-order valence-electron chi connectivity index (χ2n) is 5.90. The molecule has 0 saturated carbocycles. The molecule has 108 valence electrons. The first kappa shape index (κ1) is 13.6. The third kappa shape index (κ3) is 1.95. The van der Waals surface area contributed by atoms with E-state index in [1.165, 1.54) is 42.6 Å². The molecule has 0 aromatic heterocycles. The number of hydrogen-bond donors (Lipinski definition) is 0. The van der Waals surface area contributed by atoms with Crippen LogP contribution in [0.2, 0.25) is 0 Å². The van der Waals surface area contributed by atoms with Gasteiger partial charge in [0.2, 0.25) is 0 Å². The third-order valence-corrected chi connectivity index (χ3v) is 6.31. The van der Waals surface area contributed by atoms with Gasteiger partial charge in [0.1, 0.15) is 0 Å². The Morgan fingerprint density at radius 2 is 1.19 bits per heavy atom. The van der Waals surface area contributed by atoms with E-state index < -0.39 is 0 Å². The second kappa shape index (κ2) is 4.75. The molecule has 2 aromatic rings. The number of nitrogens with zero attached hydrogens (tertiary/aromatic N) is 2. The van der Waals surface area contributed by atoms with Gasteiger partial charge in [-0.05, 0) is 48.2 Å². The number of hydrogen-bond acceptors (Lipinski definition) is 2. The standard InChI is InChI=1S/C17H16Br2N2/c1-10-14(18)5-3-12-7-21-9-20(16(10)12)8-13-4-6-15(19)11(2)17(13)21/h3-6H,7-9H2,1-2H3. The zero-order valence-corrected chi connectivity index (χ0v) is 15.3. The Morgan fingerprint density at radius 1 is 0.762 bits per heavy atom. The summed E-state index contributed by atoms with van der Waals surface area (Å²) in [6.45, 7) is 7.38. The normalized spacial score (nSPS) is 15.8. The number of anilines is 2. The van der Waals surface area contributed by atoms with Crippen LogP contribution < -0.4 is 9.80 Å². The van der Waals surface area contributed by atoms with Crippen molar-refractivity contribution in [1.29, 1.82) is 0 Å². The number of benzene rings is 2. The fraction of sp³-hybridized carbons (Fsp3) is 0.294. The molecule has 0 N–H and O–H groups in total. The number of fused-ring (bicyclic) bond motifs is 6. The van der Waals surface area contributed by atoms with Crippen LogP contribution in [0.5, 0.6) is 0 Å². The highest BCUT2D eigenvalue weighted by Gasteiger charge is 2.31. The van der Waals surface area contributed by atoms with Crippen LogP contribution in [0.1, 0.15) is 22.3 Å². The van der Waals surface area contributed by atoms with E-state index in [1.807, 2.05) is 0 Å². The minimum Gasteiger partial charge on any atom is -0.349 e. The van der Waals surface area contributed by atoms with E-state index in [4.69, 9.17) is 0 Å². The summed E-state index contributed by atoms with van der Waals surface area (Å²) >= 11 is 7.34. The molecule has 2 aliphatic heterocycles. The molecule has 0 saturated heterocycles. The van der Waals surface area contributed by atoms with Gasteiger partial charge in [0, 0.05) is 33.4 Å². The fourth-order valence-corrected chi connectivity index (χ4v) is 4.26. The van der Waals surface area contributed by atoms with Crippen LogP contribution >= 0.6 is 31.9 Å². The van der Waals surface area contributed by atoms with Gasteiger partial charge in [0.15, 0.2) is 0 Å². The van der Waals surface area contributed by atoms with Gasteiger partial charge in [-0.1, -0.05) is 44.0 Å². The SMILES string of the molecule is Cc1c(Br)ccc2c1N1Cc3ccc(Br)c(C)c3N(C2)C1. The average Bonchev–Trinajstić information content (AvgIpc) is 2.46. The molecule has 2 bridgehead atoms. The highest BCUT2D eigenvalue weighted by molar-refractivity contribution is 9.10. The maximum atomic E-state index is 3.67. The quantitative estimate of drug-likeness (QED) is 0.597. The Labute approximate surface area is 142 Å². The Bertz CT molecular complexity index is 691. The van der Waals surface area contributed by atoms with Crippen molar-refractivity contribution in [3.8, 4) is 0 Å². The van der Waals surface area contributed by atoms with Crippen molar-refractivity contribution in [3.63, 3.8) is 0 Å². The molecule has 21 heavy (non-hydrogen) atoms. The van der Waals surface area contributed by atoms with Crippen molar-refractivity contribution in [2.75, 3.05) is 16.5 Å². The van der Waals surface area contributed by atoms with E-state index in [0.29, 0.717) is 0 Å². The van der Waals surface area contributed by atoms with E-state index in [9.17, 15) is 0 Å². The fourth-order valence-electron chi connectivity index (χ4n) is 3.62. The molecular formula is C17H16Br2N2. The maximum absolute atomic E-state index is 3.67. The van der Waals surface area contributed by atoms with Crippen LogP contribution in [0.25, 0.3) is 0 Å². The molecule has 0 radical (unpaired) electrons. The lowest BCUT2D eigenvalue weighted by atomic mass is 9.97.